The maximum Gasteiger partial charge on any atom is 0.235 e. The molecule has 0 amide bonds. The Balaban J connectivity index is 1.88. The van der Waals surface area contributed by atoms with Gasteiger partial charge in [-0.25, -0.2) is 0 Å². The Labute approximate surface area is 131 Å². The second-order valence-corrected chi connectivity index (χ2v) is 6.04. The van der Waals surface area contributed by atoms with Crippen LogP contribution in [-0.2, 0) is 0 Å². The standard InChI is InChI=1S/C16H13N5S/c1-10-5-4-6-11(9-10)14-18-19-16-21(14)20-15(22-16)12-7-2-3-8-13(12)17/h2-9H,17H2,1H3. The van der Waals surface area contributed by atoms with E-state index in [1.54, 1.807) is 4.52 Å². The molecule has 0 saturated heterocycles. The first-order valence-corrected chi connectivity index (χ1v) is 7.68. The van der Waals surface area contributed by atoms with Gasteiger partial charge in [-0.15, -0.1) is 10.2 Å². The summed E-state index contributed by atoms with van der Waals surface area (Å²) < 4.78 is 1.78. The fraction of sp³-hybridized carbons (Fsp3) is 0.0625. The number of nitrogens with zero attached hydrogens (tertiary/aromatic N) is 4. The van der Waals surface area contributed by atoms with Crippen molar-refractivity contribution in [3.05, 3.63) is 54.1 Å². The molecule has 0 aliphatic heterocycles. The van der Waals surface area contributed by atoms with Gasteiger partial charge in [-0.05, 0) is 25.1 Å². The Morgan fingerprint density at radius 1 is 1.05 bits per heavy atom. The van der Waals surface area contributed by atoms with Crippen LogP contribution in [0, 0.1) is 6.92 Å². The first-order valence-electron chi connectivity index (χ1n) is 6.86. The lowest BCUT2D eigenvalue weighted by atomic mass is 10.1. The molecular weight excluding hydrogens is 294 g/mol. The molecule has 4 aromatic rings. The molecule has 0 aliphatic carbocycles. The van der Waals surface area contributed by atoms with Crippen LogP contribution in [0.3, 0.4) is 0 Å². The average molecular weight is 307 g/mol. The lowest BCUT2D eigenvalue weighted by molar-refractivity contribution is 0.970. The third kappa shape index (κ3) is 2.05. The van der Waals surface area contributed by atoms with E-state index in [0.29, 0.717) is 5.69 Å². The highest BCUT2D eigenvalue weighted by atomic mass is 32.1. The first kappa shape index (κ1) is 13.0. The highest BCUT2D eigenvalue weighted by Gasteiger charge is 2.15. The topological polar surface area (TPSA) is 69.1 Å². The van der Waals surface area contributed by atoms with E-state index in [0.717, 1.165) is 26.9 Å². The number of aromatic nitrogens is 4. The van der Waals surface area contributed by atoms with Crippen molar-refractivity contribution in [3.8, 4) is 22.0 Å². The molecule has 0 saturated carbocycles. The Hall–Kier alpha value is -2.73. The van der Waals surface area contributed by atoms with Crippen LogP contribution in [0.5, 0.6) is 0 Å². The summed E-state index contributed by atoms with van der Waals surface area (Å²) in [5.74, 6) is 0.746. The van der Waals surface area contributed by atoms with Crippen LogP contribution in [0.1, 0.15) is 5.56 Å². The predicted molar refractivity (Wildman–Crippen MR) is 88.7 cm³/mol. The van der Waals surface area contributed by atoms with E-state index in [1.807, 2.05) is 36.4 Å². The SMILES string of the molecule is Cc1cccc(-c2nnc3sc(-c4ccccc4N)nn23)c1. The summed E-state index contributed by atoms with van der Waals surface area (Å²) in [6.07, 6.45) is 0. The predicted octanol–water partition coefficient (Wildman–Crippen LogP) is 3.41. The van der Waals surface area contributed by atoms with Crippen LogP contribution >= 0.6 is 11.3 Å². The monoisotopic (exact) mass is 307 g/mol. The number of nitrogen functional groups attached to an aromatic ring is 1. The molecule has 4 rings (SSSR count). The van der Waals surface area contributed by atoms with Crippen molar-refractivity contribution in [1.82, 2.24) is 19.8 Å². The summed E-state index contributed by atoms with van der Waals surface area (Å²) in [4.78, 5) is 0.759. The molecule has 2 N–H and O–H groups in total. The molecule has 22 heavy (non-hydrogen) atoms. The van der Waals surface area contributed by atoms with Gasteiger partial charge in [0.1, 0.15) is 5.01 Å². The smallest absolute Gasteiger partial charge is 0.235 e. The zero-order valence-electron chi connectivity index (χ0n) is 11.9. The lowest BCUT2D eigenvalue weighted by Crippen LogP contribution is -1.93. The van der Waals surface area contributed by atoms with Crippen LogP contribution in [0.25, 0.3) is 26.9 Å². The Bertz CT molecular complexity index is 970. The minimum Gasteiger partial charge on any atom is -0.398 e. The van der Waals surface area contributed by atoms with E-state index in [9.17, 15) is 0 Å². The summed E-state index contributed by atoms with van der Waals surface area (Å²) in [5.41, 5.74) is 9.85. The van der Waals surface area contributed by atoms with Crippen LogP contribution in [0.15, 0.2) is 48.5 Å². The number of anilines is 1. The maximum atomic E-state index is 6.03. The van der Waals surface area contributed by atoms with E-state index in [4.69, 9.17) is 5.73 Å². The normalized spacial score (nSPS) is 11.1. The Morgan fingerprint density at radius 3 is 2.73 bits per heavy atom. The maximum absolute atomic E-state index is 6.03. The second-order valence-electron chi connectivity index (χ2n) is 5.08. The van der Waals surface area contributed by atoms with Crippen molar-refractivity contribution in [1.29, 1.82) is 0 Å². The molecular formula is C16H13N5S. The lowest BCUT2D eigenvalue weighted by Gasteiger charge is -2.00. The van der Waals surface area contributed by atoms with Crippen molar-refractivity contribution in [3.63, 3.8) is 0 Å². The fourth-order valence-corrected chi connectivity index (χ4v) is 3.27. The molecule has 0 unspecified atom stereocenters. The van der Waals surface area contributed by atoms with Crippen LogP contribution in [0.4, 0.5) is 5.69 Å². The van der Waals surface area contributed by atoms with Crippen LogP contribution < -0.4 is 5.73 Å². The molecule has 6 heteroatoms. The van der Waals surface area contributed by atoms with E-state index in [1.165, 1.54) is 16.9 Å². The van der Waals surface area contributed by atoms with Gasteiger partial charge in [0.05, 0.1) is 0 Å². The van der Waals surface area contributed by atoms with Gasteiger partial charge in [-0.2, -0.15) is 9.61 Å². The van der Waals surface area contributed by atoms with Gasteiger partial charge in [0.25, 0.3) is 0 Å². The van der Waals surface area contributed by atoms with E-state index >= 15 is 0 Å². The summed E-state index contributed by atoms with van der Waals surface area (Å²) in [6, 6.07) is 15.9. The summed E-state index contributed by atoms with van der Waals surface area (Å²) >= 11 is 1.48. The van der Waals surface area contributed by atoms with Crippen molar-refractivity contribution in [2.75, 3.05) is 5.73 Å². The molecule has 108 valence electrons. The molecule has 0 fully saturated rings. The van der Waals surface area contributed by atoms with Crippen molar-refractivity contribution in [2.24, 2.45) is 0 Å². The zero-order valence-corrected chi connectivity index (χ0v) is 12.7. The average Bonchev–Trinajstić information content (AvgIpc) is 3.07. The molecule has 0 atom stereocenters. The molecule has 2 heterocycles. The highest BCUT2D eigenvalue weighted by Crippen LogP contribution is 2.31. The number of para-hydroxylation sites is 1. The Morgan fingerprint density at radius 2 is 1.91 bits per heavy atom. The Kier molecular flexibility index (Phi) is 2.90. The quantitative estimate of drug-likeness (QED) is 0.576. The zero-order chi connectivity index (χ0) is 15.1. The molecule has 2 aromatic carbocycles. The minimum atomic E-state index is 0.713. The summed E-state index contributed by atoms with van der Waals surface area (Å²) in [7, 11) is 0. The van der Waals surface area contributed by atoms with E-state index < -0.39 is 0 Å². The fourth-order valence-electron chi connectivity index (χ4n) is 2.38. The molecule has 2 aromatic heterocycles. The number of nitrogens with two attached hydrogens (primary N) is 1. The molecule has 0 bridgehead atoms. The number of rotatable bonds is 2. The van der Waals surface area contributed by atoms with Gasteiger partial charge < -0.3 is 5.73 Å². The number of fused-ring (bicyclic) bond motifs is 1. The van der Waals surface area contributed by atoms with Crippen LogP contribution in [0.2, 0.25) is 0 Å². The van der Waals surface area contributed by atoms with Gasteiger partial charge >= 0.3 is 0 Å². The molecule has 0 spiro atoms. The number of hydrogen-bond acceptors (Lipinski definition) is 5. The van der Waals surface area contributed by atoms with Gasteiger partial charge in [0.15, 0.2) is 5.82 Å². The van der Waals surface area contributed by atoms with Gasteiger partial charge in [-0.1, -0.05) is 47.2 Å². The first-order chi connectivity index (χ1) is 10.7. The molecule has 0 radical (unpaired) electrons. The number of hydrogen-bond donors (Lipinski definition) is 1. The summed E-state index contributed by atoms with van der Waals surface area (Å²) in [5, 5.41) is 14.0. The molecule has 0 aliphatic rings. The largest absolute Gasteiger partial charge is 0.398 e. The van der Waals surface area contributed by atoms with Crippen LogP contribution in [-0.4, -0.2) is 19.8 Å². The van der Waals surface area contributed by atoms with E-state index in [2.05, 4.69) is 34.4 Å². The second kappa shape index (κ2) is 4.92. The van der Waals surface area contributed by atoms with Gasteiger partial charge in [-0.3, -0.25) is 0 Å². The van der Waals surface area contributed by atoms with Crippen molar-refractivity contribution >= 4 is 22.0 Å². The third-order valence-electron chi connectivity index (χ3n) is 3.46. The van der Waals surface area contributed by atoms with E-state index in [-0.39, 0.29) is 0 Å². The summed E-state index contributed by atoms with van der Waals surface area (Å²) in [6.45, 7) is 2.05. The van der Waals surface area contributed by atoms with Crippen molar-refractivity contribution < 1.29 is 0 Å². The number of aryl methyl sites for hydroxylation is 1. The van der Waals surface area contributed by atoms with Gasteiger partial charge in [0, 0.05) is 16.8 Å². The number of benzene rings is 2. The minimum absolute atomic E-state index is 0.713. The third-order valence-corrected chi connectivity index (χ3v) is 4.39. The van der Waals surface area contributed by atoms with Crippen molar-refractivity contribution in [2.45, 2.75) is 6.92 Å². The highest BCUT2D eigenvalue weighted by molar-refractivity contribution is 7.19. The molecule has 5 nitrogen and oxygen atoms in total. The van der Waals surface area contributed by atoms with Gasteiger partial charge in [0.2, 0.25) is 4.96 Å².